The fourth-order valence-electron chi connectivity index (χ4n) is 1.77. The number of aromatic carboxylic acids is 1. The number of carboxylic acid groups (broad SMARTS) is 1. The van der Waals surface area contributed by atoms with Gasteiger partial charge in [-0.25, -0.2) is 9.59 Å². The van der Waals surface area contributed by atoms with Gasteiger partial charge in [-0.2, -0.15) is 0 Å². The van der Waals surface area contributed by atoms with Gasteiger partial charge in [0.05, 0.1) is 11.7 Å². The molecule has 1 rings (SSSR count). The van der Waals surface area contributed by atoms with E-state index >= 15 is 0 Å². The van der Waals surface area contributed by atoms with Crippen molar-refractivity contribution in [3.8, 4) is 0 Å². The summed E-state index contributed by atoms with van der Waals surface area (Å²) in [5.41, 5.74) is 0.778. The van der Waals surface area contributed by atoms with Gasteiger partial charge in [-0.3, -0.25) is 5.32 Å². The second-order valence-corrected chi connectivity index (χ2v) is 5.79. The highest BCUT2D eigenvalue weighted by Gasteiger charge is 2.20. The Kier molecular flexibility index (Phi) is 5.97. The van der Waals surface area contributed by atoms with Crippen molar-refractivity contribution >= 4 is 28.3 Å². The smallest absolute Gasteiger partial charge is 0.338 e. The average molecular weight is 300 g/mol. The van der Waals surface area contributed by atoms with Crippen LogP contribution in [0, 0.1) is 13.8 Å². The zero-order valence-electron chi connectivity index (χ0n) is 11.8. The lowest BCUT2D eigenvalue weighted by Gasteiger charge is -2.11. The van der Waals surface area contributed by atoms with Crippen LogP contribution in [0.2, 0.25) is 0 Å². The number of aliphatic hydroxyl groups excluding tert-OH is 1. The minimum absolute atomic E-state index is 0.122. The van der Waals surface area contributed by atoms with Crippen LogP contribution in [0.5, 0.6) is 0 Å². The Morgan fingerprint density at radius 1 is 1.35 bits per heavy atom. The molecular formula is C13H20N2O4S. The number of carbonyl (C=O) groups excluding carboxylic acids is 1. The number of aryl methyl sites for hydroxylation is 1. The second-order valence-electron chi connectivity index (χ2n) is 4.57. The molecule has 1 aromatic rings. The largest absolute Gasteiger partial charge is 0.478 e. The number of nitrogens with one attached hydrogen (secondary N) is 2. The summed E-state index contributed by atoms with van der Waals surface area (Å²) in [6.45, 7) is 5.61. The second kappa shape index (κ2) is 7.25. The van der Waals surface area contributed by atoms with E-state index in [0.29, 0.717) is 17.0 Å². The van der Waals surface area contributed by atoms with E-state index in [4.69, 9.17) is 5.11 Å². The highest BCUT2D eigenvalue weighted by molar-refractivity contribution is 7.16. The topological polar surface area (TPSA) is 98.7 Å². The molecule has 1 aromatic heterocycles. The van der Waals surface area contributed by atoms with E-state index < -0.39 is 18.1 Å². The number of thiophene rings is 1. The number of amides is 2. The highest BCUT2D eigenvalue weighted by Crippen LogP contribution is 2.32. The molecule has 0 spiro atoms. The van der Waals surface area contributed by atoms with Crippen LogP contribution < -0.4 is 10.6 Å². The lowest BCUT2D eigenvalue weighted by atomic mass is 10.1. The maximum absolute atomic E-state index is 11.7. The standard InChI is InChI=1S/C13H20N2O4S/c1-4-5-9(16)6-14-13(19)15-11-10(12(17)18)7(2)8(3)20-11/h9,16H,4-6H2,1-3H3,(H,17,18)(H2,14,15,19). The Bertz CT molecular complexity index is 499. The Morgan fingerprint density at radius 2 is 2.00 bits per heavy atom. The van der Waals surface area contributed by atoms with Crippen molar-refractivity contribution in [1.29, 1.82) is 0 Å². The van der Waals surface area contributed by atoms with Crippen LogP contribution in [0.3, 0.4) is 0 Å². The third-order valence-corrected chi connectivity index (χ3v) is 4.07. The summed E-state index contributed by atoms with van der Waals surface area (Å²) in [4.78, 5) is 23.7. The van der Waals surface area contributed by atoms with Crippen molar-refractivity contribution in [3.63, 3.8) is 0 Å². The normalized spacial score (nSPS) is 12.0. The Labute approximate surface area is 121 Å². The van der Waals surface area contributed by atoms with Gasteiger partial charge in [-0.05, 0) is 25.8 Å². The molecule has 0 aliphatic carbocycles. The fraction of sp³-hybridized carbons (Fsp3) is 0.538. The summed E-state index contributed by atoms with van der Waals surface area (Å²) in [7, 11) is 0. The van der Waals surface area contributed by atoms with Gasteiger partial charge in [0.2, 0.25) is 0 Å². The molecule has 1 unspecified atom stereocenters. The predicted molar refractivity (Wildman–Crippen MR) is 78.7 cm³/mol. The molecule has 0 saturated heterocycles. The molecule has 1 atom stereocenters. The molecule has 0 bridgehead atoms. The van der Waals surface area contributed by atoms with E-state index in [-0.39, 0.29) is 12.1 Å². The number of carboxylic acids is 1. The molecule has 4 N–H and O–H groups in total. The Balaban J connectivity index is 2.67. The number of hydrogen-bond donors (Lipinski definition) is 4. The molecule has 0 radical (unpaired) electrons. The zero-order chi connectivity index (χ0) is 15.3. The van der Waals surface area contributed by atoms with Gasteiger partial charge in [0.1, 0.15) is 5.00 Å². The number of hydrogen-bond acceptors (Lipinski definition) is 4. The van der Waals surface area contributed by atoms with Crippen LogP contribution in [0.15, 0.2) is 0 Å². The molecular weight excluding hydrogens is 280 g/mol. The van der Waals surface area contributed by atoms with E-state index in [0.717, 1.165) is 11.3 Å². The first-order valence-electron chi connectivity index (χ1n) is 6.43. The van der Waals surface area contributed by atoms with Gasteiger partial charge in [-0.15, -0.1) is 11.3 Å². The summed E-state index contributed by atoms with van der Waals surface area (Å²) in [5.74, 6) is -1.06. The Hall–Kier alpha value is -1.60. The third-order valence-electron chi connectivity index (χ3n) is 2.95. The number of aliphatic hydroxyl groups is 1. The molecule has 0 fully saturated rings. The van der Waals surface area contributed by atoms with E-state index in [9.17, 15) is 14.7 Å². The molecule has 7 heteroatoms. The van der Waals surface area contributed by atoms with Crippen LogP contribution in [0.1, 0.15) is 40.6 Å². The van der Waals surface area contributed by atoms with Crippen molar-refractivity contribution in [2.45, 2.75) is 39.7 Å². The SMILES string of the molecule is CCCC(O)CNC(=O)Nc1sc(C)c(C)c1C(=O)O. The summed E-state index contributed by atoms with van der Waals surface area (Å²) < 4.78 is 0. The number of carbonyl (C=O) groups is 2. The van der Waals surface area contributed by atoms with E-state index in [1.165, 1.54) is 11.3 Å². The molecule has 0 aliphatic rings. The molecule has 2 amide bonds. The summed E-state index contributed by atoms with van der Waals surface area (Å²) >= 11 is 1.23. The van der Waals surface area contributed by atoms with Crippen LogP contribution in [0.25, 0.3) is 0 Å². The average Bonchev–Trinajstić information content (AvgIpc) is 2.62. The van der Waals surface area contributed by atoms with Crippen molar-refractivity contribution in [3.05, 3.63) is 16.0 Å². The highest BCUT2D eigenvalue weighted by atomic mass is 32.1. The van der Waals surface area contributed by atoms with Crippen molar-refractivity contribution in [2.75, 3.05) is 11.9 Å². The lowest BCUT2D eigenvalue weighted by Crippen LogP contribution is -2.35. The maximum Gasteiger partial charge on any atom is 0.338 e. The number of urea groups is 1. The minimum Gasteiger partial charge on any atom is -0.478 e. The summed E-state index contributed by atoms with van der Waals surface area (Å²) in [6, 6.07) is -0.510. The van der Waals surface area contributed by atoms with Crippen molar-refractivity contribution in [1.82, 2.24) is 5.32 Å². The fourth-order valence-corrected chi connectivity index (χ4v) is 2.81. The van der Waals surface area contributed by atoms with Gasteiger partial charge >= 0.3 is 12.0 Å². The van der Waals surface area contributed by atoms with Crippen molar-refractivity contribution in [2.24, 2.45) is 0 Å². The van der Waals surface area contributed by atoms with Gasteiger partial charge < -0.3 is 15.5 Å². The van der Waals surface area contributed by atoms with Crippen molar-refractivity contribution < 1.29 is 19.8 Å². The van der Waals surface area contributed by atoms with Crippen LogP contribution in [-0.2, 0) is 0 Å². The van der Waals surface area contributed by atoms with Crippen LogP contribution in [-0.4, -0.2) is 34.9 Å². The first kappa shape index (κ1) is 16.5. The quantitative estimate of drug-likeness (QED) is 0.648. The van der Waals surface area contributed by atoms with E-state index in [2.05, 4.69) is 10.6 Å². The molecule has 1 heterocycles. The van der Waals surface area contributed by atoms with Gasteiger partial charge in [0.25, 0.3) is 0 Å². The Morgan fingerprint density at radius 3 is 2.55 bits per heavy atom. The number of rotatable bonds is 6. The zero-order valence-corrected chi connectivity index (χ0v) is 12.6. The molecule has 6 nitrogen and oxygen atoms in total. The molecule has 0 saturated carbocycles. The molecule has 0 aromatic carbocycles. The maximum atomic E-state index is 11.7. The first-order valence-corrected chi connectivity index (χ1v) is 7.24. The monoisotopic (exact) mass is 300 g/mol. The van der Waals surface area contributed by atoms with Crippen LogP contribution >= 0.6 is 11.3 Å². The first-order chi connectivity index (χ1) is 9.36. The molecule has 112 valence electrons. The number of anilines is 1. The summed E-state index contributed by atoms with van der Waals surface area (Å²) in [6.07, 6.45) is 0.853. The summed E-state index contributed by atoms with van der Waals surface area (Å²) in [5, 5.41) is 24.0. The molecule has 0 aliphatic heterocycles. The van der Waals surface area contributed by atoms with Crippen LogP contribution in [0.4, 0.5) is 9.80 Å². The molecule has 20 heavy (non-hydrogen) atoms. The lowest BCUT2D eigenvalue weighted by molar-refractivity contribution is 0.0697. The third kappa shape index (κ3) is 4.21. The predicted octanol–water partition coefficient (Wildman–Crippen LogP) is 2.35. The van der Waals surface area contributed by atoms with Gasteiger partial charge in [-0.1, -0.05) is 13.3 Å². The van der Waals surface area contributed by atoms with Gasteiger partial charge in [0, 0.05) is 11.4 Å². The van der Waals surface area contributed by atoms with Gasteiger partial charge in [0.15, 0.2) is 0 Å². The van der Waals surface area contributed by atoms with E-state index in [1.807, 2.05) is 6.92 Å². The minimum atomic E-state index is -1.06. The van der Waals surface area contributed by atoms with E-state index in [1.54, 1.807) is 13.8 Å².